The Bertz CT molecular complexity index is 4000. The molecule has 0 amide bonds. The monoisotopic (exact) mass is 977 g/mol. The van der Waals surface area contributed by atoms with Crippen LogP contribution < -0.4 is 71.2 Å². The number of ether oxygens (including phenoxy) is 5. The first kappa shape index (κ1) is 42.5. The highest BCUT2D eigenvalue weighted by atomic mass is 16.5. The SMILES string of the molecule is c1ccc(N(c2ccccc2)c2cc3c4c(c2)Oc2cccc5c2B4c2cc4c(cc2O3)Oc2cc(N(c3ccccc3)c3ccccc3)cc3c2B4c2c(cc(N(c4ccccc4)c4ccccc4)cc2O5)O3)cc1. The number of benzene rings is 11. The predicted molar refractivity (Wildman–Crippen MR) is 306 cm³/mol. The van der Waals surface area contributed by atoms with Gasteiger partial charge in [-0.1, -0.05) is 121 Å². The minimum absolute atomic E-state index is 0.322. The van der Waals surface area contributed by atoms with Crippen LogP contribution in [0.4, 0.5) is 51.2 Å². The van der Waals surface area contributed by atoms with Crippen LogP contribution in [-0.2, 0) is 0 Å². The fourth-order valence-electron chi connectivity index (χ4n) is 12.0. The second kappa shape index (κ2) is 16.7. The summed E-state index contributed by atoms with van der Waals surface area (Å²) in [6.07, 6.45) is 0. The molecule has 0 spiro atoms. The van der Waals surface area contributed by atoms with Crippen molar-refractivity contribution in [1.82, 2.24) is 0 Å². The second-order valence-electron chi connectivity index (χ2n) is 19.6. The predicted octanol–water partition coefficient (Wildman–Crippen LogP) is 13.7. The third kappa shape index (κ3) is 6.60. The molecule has 11 aromatic rings. The highest BCUT2D eigenvalue weighted by Gasteiger charge is 2.49. The molecule has 10 heteroatoms. The summed E-state index contributed by atoms with van der Waals surface area (Å²) in [7, 11) is 0. The number of para-hydroxylation sites is 6. The van der Waals surface area contributed by atoms with Crippen molar-refractivity contribution in [2.75, 3.05) is 14.7 Å². The Morgan fingerprint density at radius 2 is 0.434 bits per heavy atom. The first-order valence-electron chi connectivity index (χ1n) is 25.6. The minimum Gasteiger partial charge on any atom is -0.458 e. The molecule has 76 heavy (non-hydrogen) atoms. The van der Waals surface area contributed by atoms with E-state index in [9.17, 15) is 0 Å². The van der Waals surface area contributed by atoms with Crippen molar-refractivity contribution in [2.24, 2.45) is 0 Å². The molecular formula is C66H41B2N3O5. The summed E-state index contributed by atoms with van der Waals surface area (Å²) in [5, 5.41) is 0. The fourth-order valence-corrected chi connectivity index (χ4v) is 12.0. The van der Waals surface area contributed by atoms with Gasteiger partial charge in [-0.15, -0.1) is 0 Å². The highest BCUT2D eigenvalue weighted by molar-refractivity contribution is 7.01. The molecule has 0 saturated carbocycles. The molecule has 5 aliphatic heterocycles. The lowest BCUT2D eigenvalue weighted by Crippen LogP contribution is -2.62. The number of nitrogens with zero attached hydrogens (tertiary/aromatic N) is 3. The van der Waals surface area contributed by atoms with Crippen molar-refractivity contribution in [3.05, 3.63) is 249 Å². The van der Waals surface area contributed by atoms with Gasteiger partial charge in [0.05, 0.1) is 17.1 Å². The maximum absolute atomic E-state index is 7.58. The molecule has 0 radical (unpaired) electrons. The van der Waals surface area contributed by atoms with Crippen LogP contribution in [0.15, 0.2) is 249 Å². The number of rotatable bonds is 9. The first-order chi connectivity index (χ1) is 37.7. The zero-order valence-electron chi connectivity index (χ0n) is 40.7. The summed E-state index contributed by atoms with van der Waals surface area (Å²) in [6, 6.07) is 86.0. The van der Waals surface area contributed by atoms with Crippen LogP contribution in [0, 0.1) is 0 Å². The van der Waals surface area contributed by atoms with Crippen LogP contribution in [0.25, 0.3) is 0 Å². The van der Waals surface area contributed by atoms with Crippen molar-refractivity contribution >= 4 is 97.4 Å². The number of hydrogen-bond donors (Lipinski definition) is 0. The van der Waals surface area contributed by atoms with Crippen molar-refractivity contribution < 1.29 is 23.7 Å². The standard InChI is InChI=1S/C66H41B2N3O5/c1-7-20-42(21-8-1)69(43-22-9-2-10-23-43)48-34-57-64-59(36-48)74-55-41-56-52-40-51(55)67(64)63-53(72-57)32-19-33-54(63)73-58-35-49(70(44-24-11-3-12-25-44)45-26-13-4-14-27-45)38-61-65(58)68(52)66-60(75-56)37-50(39-62(66)76-61)71(46-28-15-5-16-29-46)47-30-17-6-18-31-47/h1-41H. The van der Waals surface area contributed by atoms with E-state index >= 15 is 0 Å². The average molecular weight is 978 g/mol. The largest absolute Gasteiger partial charge is 0.458 e. The Morgan fingerprint density at radius 1 is 0.197 bits per heavy atom. The number of anilines is 9. The van der Waals surface area contributed by atoms with Gasteiger partial charge in [-0.3, -0.25) is 0 Å². The normalized spacial score (nSPS) is 12.9. The van der Waals surface area contributed by atoms with E-state index in [1.807, 2.05) is 48.5 Å². The van der Waals surface area contributed by atoms with E-state index in [1.165, 1.54) is 0 Å². The van der Waals surface area contributed by atoms with Crippen molar-refractivity contribution in [2.45, 2.75) is 0 Å². The van der Waals surface area contributed by atoms with Crippen LogP contribution in [0.1, 0.15) is 0 Å². The van der Waals surface area contributed by atoms with Crippen LogP contribution in [0.5, 0.6) is 57.5 Å². The van der Waals surface area contributed by atoms with E-state index in [4.69, 9.17) is 23.7 Å². The third-order valence-corrected chi connectivity index (χ3v) is 15.2. The summed E-state index contributed by atoms with van der Waals surface area (Å²) < 4.78 is 36.6. The molecule has 8 nitrogen and oxygen atoms in total. The second-order valence-corrected chi connectivity index (χ2v) is 19.6. The summed E-state index contributed by atoms with van der Waals surface area (Å²) in [6.45, 7) is -0.680. The van der Waals surface area contributed by atoms with E-state index in [0.29, 0.717) is 51.7 Å². The molecule has 0 fully saturated rings. The van der Waals surface area contributed by atoms with Gasteiger partial charge in [0.15, 0.2) is 0 Å². The van der Waals surface area contributed by atoms with E-state index in [2.05, 4.69) is 215 Å². The Morgan fingerprint density at radius 3 is 0.711 bits per heavy atom. The Balaban J connectivity index is 0.954. The van der Waals surface area contributed by atoms with Gasteiger partial charge >= 0.3 is 0 Å². The zero-order valence-corrected chi connectivity index (χ0v) is 40.7. The van der Waals surface area contributed by atoms with Crippen LogP contribution in [0.2, 0.25) is 0 Å². The van der Waals surface area contributed by atoms with Crippen LogP contribution >= 0.6 is 0 Å². The third-order valence-electron chi connectivity index (χ3n) is 15.2. The Hall–Kier alpha value is -10.1. The van der Waals surface area contributed by atoms with Gasteiger partial charge in [0, 0.05) is 98.4 Å². The van der Waals surface area contributed by atoms with E-state index < -0.39 is 0 Å². The van der Waals surface area contributed by atoms with Gasteiger partial charge in [-0.2, -0.15) is 0 Å². The van der Waals surface area contributed by atoms with Gasteiger partial charge in [0.1, 0.15) is 57.5 Å². The molecule has 0 saturated heterocycles. The molecule has 0 unspecified atom stereocenters. The quantitative estimate of drug-likeness (QED) is 0.133. The molecular weight excluding hydrogens is 936 g/mol. The summed E-state index contributed by atoms with van der Waals surface area (Å²) in [5.74, 6) is 6.92. The maximum Gasteiger partial charge on any atom is 0.265 e. The average Bonchev–Trinajstić information content (AvgIpc) is 3.64. The van der Waals surface area contributed by atoms with E-state index in [-0.39, 0.29) is 13.4 Å². The molecule has 5 aliphatic rings. The lowest BCUT2D eigenvalue weighted by atomic mass is 9.31. The summed E-state index contributed by atoms with van der Waals surface area (Å²) in [5.41, 5.74) is 14.3. The Kier molecular flexibility index (Phi) is 9.35. The van der Waals surface area contributed by atoms with Crippen molar-refractivity contribution in [3.63, 3.8) is 0 Å². The van der Waals surface area contributed by atoms with Gasteiger partial charge in [-0.05, 0) is 95.9 Å². The van der Waals surface area contributed by atoms with E-state index in [0.717, 1.165) is 89.7 Å². The maximum atomic E-state index is 7.58. The molecule has 0 aromatic heterocycles. The molecule has 2 bridgehead atoms. The van der Waals surface area contributed by atoms with Crippen LogP contribution in [0.3, 0.4) is 0 Å². The summed E-state index contributed by atoms with van der Waals surface area (Å²) >= 11 is 0. The molecule has 11 aromatic carbocycles. The number of hydrogen-bond acceptors (Lipinski definition) is 8. The molecule has 356 valence electrons. The van der Waals surface area contributed by atoms with Gasteiger partial charge in [0.25, 0.3) is 13.4 Å². The first-order valence-corrected chi connectivity index (χ1v) is 25.6. The summed E-state index contributed by atoms with van der Waals surface area (Å²) in [4.78, 5) is 6.74. The molecule has 16 rings (SSSR count). The zero-order chi connectivity index (χ0) is 49.8. The van der Waals surface area contributed by atoms with E-state index in [1.54, 1.807) is 0 Å². The Labute approximate surface area is 439 Å². The lowest BCUT2D eigenvalue weighted by molar-refractivity contribution is 0.444. The lowest BCUT2D eigenvalue weighted by Gasteiger charge is -2.39. The molecule has 0 atom stereocenters. The minimum atomic E-state index is -0.358. The van der Waals surface area contributed by atoms with Crippen molar-refractivity contribution in [1.29, 1.82) is 0 Å². The molecule has 0 aliphatic carbocycles. The smallest absolute Gasteiger partial charge is 0.265 e. The van der Waals surface area contributed by atoms with Crippen LogP contribution in [-0.4, -0.2) is 13.4 Å². The fraction of sp³-hybridized carbons (Fsp3) is 0. The van der Waals surface area contributed by atoms with Gasteiger partial charge in [0.2, 0.25) is 0 Å². The van der Waals surface area contributed by atoms with Gasteiger partial charge in [-0.25, -0.2) is 0 Å². The van der Waals surface area contributed by atoms with Gasteiger partial charge < -0.3 is 38.4 Å². The molecule has 5 heterocycles. The highest BCUT2D eigenvalue weighted by Crippen LogP contribution is 2.49. The molecule has 0 N–H and O–H groups in total. The topological polar surface area (TPSA) is 55.9 Å². The van der Waals surface area contributed by atoms with Crippen molar-refractivity contribution in [3.8, 4) is 57.5 Å².